The van der Waals surface area contributed by atoms with Gasteiger partial charge in [-0.05, 0) is 55.8 Å². The molecule has 5 rings (SSSR count). The van der Waals surface area contributed by atoms with Crippen LogP contribution in [0.3, 0.4) is 0 Å². The first-order chi connectivity index (χ1) is 17.4. The minimum Gasteiger partial charge on any atom is -0.506 e. The molecule has 3 heterocycles. The third-order valence-electron chi connectivity index (χ3n) is 5.57. The lowest BCUT2D eigenvalue weighted by molar-refractivity contribution is 0.0937. The first-order valence-electron chi connectivity index (χ1n) is 11.3. The molecular weight excluding hydrogens is 504 g/mol. The standard InChI is InChI=1S/C20H19Cl2N5O2.C6H5F/c1-2-3-14-10-23-17-4-5-18(25-27(14)17)26-7-6-13(11-26)24-20(29)15-8-12(21)9-16(22)19(15)28;7-6-4-2-1-3-5-6/h2-5,8-10,13,28H,6-7,11H2,1H3,(H,24,29);1-5H/b3-2+;/t13-;/m0./s1. The summed E-state index contributed by atoms with van der Waals surface area (Å²) in [7, 11) is 0. The van der Waals surface area contributed by atoms with Crippen LogP contribution in [-0.2, 0) is 0 Å². The van der Waals surface area contributed by atoms with Gasteiger partial charge in [0.05, 0.1) is 22.5 Å². The summed E-state index contributed by atoms with van der Waals surface area (Å²) in [6, 6.07) is 14.5. The predicted octanol–water partition coefficient (Wildman–Crippen LogP) is 5.61. The molecule has 2 aromatic carbocycles. The zero-order chi connectivity index (χ0) is 25.7. The van der Waals surface area contributed by atoms with Crippen LogP contribution in [0.5, 0.6) is 5.75 Å². The number of phenols is 1. The van der Waals surface area contributed by atoms with Gasteiger partial charge in [0.25, 0.3) is 5.91 Å². The van der Waals surface area contributed by atoms with Gasteiger partial charge in [-0.1, -0.05) is 47.5 Å². The molecule has 10 heteroatoms. The lowest BCUT2D eigenvalue weighted by Crippen LogP contribution is -2.37. The summed E-state index contributed by atoms with van der Waals surface area (Å²) in [6.07, 6.45) is 6.43. The summed E-state index contributed by atoms with van der Waals surface area (Å²) in [5.41, 5.74) is 1.75. The lowest BCUT2D eigenvalue weighted by Gasteiger charge is -2.18. The summed E-state index contributed by atoms with van der Waals surface area (Å²) in [6.45, 7) is 3.30. The van der Waals surface area contributed by atoms with Gasteiger partial charge >= 0.3 is 0 Å². The number of halogens is 3. The van der Waals surface area contributed by atoms with Gasteiger partial charge in [-0.2, -0.15) is 0 Å². The smallest absolute Gasteiger partial charge is 0.255 e. The number of nitrogens with one attached hydrogen (secondary N) is 1. The van der Waals surface area contributed by atoms with Crippen LogP contribution in [0.4, 0.5) is 10.2 Å². The summed E-state index contributed by atoms with van der Waals surface area (Å²) < 4.78 is 13.7. The molecule has 4 aromatic rings. The molecule has 1 saturated heterocycles. The molecule has 36 heavy (non-hydrogen) atoms. The molecule has 0 saturated carbocycles. The summed E-state index contributed by atoms with van der Waals surface area (Å²) in [5, 5.41) is 18.0. The second kappa shape index (κ2) is 11.4. The molecule has 1 aliphatic heterocycles. The Hall–Kier alpha value is -3.62. The monoisotopic (exact) mass is 527 g/mol. The van der Waals surface area contributed by atoms with Crippen LogP contribution in [0.15, 0.2) is 66.9 Å². The zero-order valence-electron chi connectivity index (χ0n) is 19.4. The van der Waals surface area contributed by atoms with Gasteiger partial charge in [0, 0.05) is 24.2 Å². The topological polar surface area (TPSA) is 82.8 Å². The van der Waals surface area contributed by atoms with Crippen molar-refractivity contribution in [3.8, 4) is 5.75 Å². The number of rotatable bonds is 4. The second-order valence-electron chi connectivity index (χ2n) is 8.13. The first kappa shape index (κ1) is 25.5. The van der Waals surface area contributed by atoms with Crippen molar-refractivity contribution < 1.29 is 14.3 Å². The molecule has 7 nitrogen and oxygen atoms in total. The maximum absolute atomic E-state index is 12.6. The average Bonchev–Trinajstić information content (AvgIpc) is 3.49. The third-order valence-corrected chi connectivity index (χ3v) is 6.07. The van der Waals surface area contributed by atoms with E-state index in [1.54, 1.807) is 28.9 Å². The number of aromatic hydroxyl groups is 1. The quantitative estimate of drug-likeness (QED) is 0.360. The maximum Gasteiger partial charge on any atom is 0.255 e. The minimum atomic E-state index is -0.410. The van der Waals surface area contributed by atoms with E-state index < -0.39 is 5.91 Å². The number of hydrogen-bond donors (Lipinski definition) is 2. The second-order valence-corrected chi connectivity index (χ2v) is 8.97. The molecule has 1 aliphatic rings. The number of imidazole rings is 1. The highest BCUT2D eigenvalue weighted by Crippen LogP contribution is 2.31. The van der Waals surface area contributed by atoms with Gasteiger partial charge < -0.3 is 15.3 Å². The number of benzene rings is 2. The zero-order valence-corrected chi connectivity index (χ0v) is 20.9. The molecule has 2 aromatic heterocycles. The number of fused-ring (bicyclic) bond motifs is 1. The van der Waals surface area contributed by atoms with Crippen molar-refractivity contribution in [2.45, 2.75) is 19.4 Å². The van der Waals surface area contributed by atoms with E-state index >= 15 is 0 Å². The molecule has 1 fully saturated rings. The minimum absolute atomic E-state index is 0.0467. The first-order valence-corrected chi connectivity index (χ1v) is 12.0. The molecule has 2 N–H and O–H groups in total. The van der Waals surface area contributed by atoms with Crippen LogP contribution in [0.25, 0.3) is 11.7 Å². The Bertz CT molecular complexity index is 1390. The summed E-state index contributed by atoms with van der Waals surface area (Å²) >= 11 is 11.9. The van der Waals surface area contributed by atoms with Crippen molar-refractivity contribution in [2.24, 2.45) is 0 Å². The molecule has 0 unspecified atom stereocenters. The Balaban J connectivity index is 0.000000375. The van der Waals surface area contributed by atoms with Crippen LogP contribution in [-0.4, -0.2) is 44.7 Å². The summed E-state index contributed by atoms with van der Waals surface area (Å²) in [5.74, 6) is -0.0477. The van der Waals surface area contributed by atoms with Gasteiger partial charge in [-0.25, -0.2) is 13.9 Å². The summed E-state index contributed by atoms with van der Waals surface area (Å²) in [4.78, 5) is 19.0. The van der Waals surface area contributed by atoms with E-state index in [4.69, 9.17) is 23.2 Å². The fourth-order valence-electron chi connectivity index (χ4n) is 3.84. The van der Waals surface area contributed by atoms with Crippen LogP contribution in [0.2, 0.25) is 10.0 Å². The highest BCUT2D eigenvalue weighted by atomic mass is 35.5. The number of aromatic nitrogens is 3. The van der Waals surface area contributed by atoms with E-state index in [0.717, 1.165) is 30.1 Å². The SMILES string of the molecule is C/C=C/c1cnc2ccc(N3CC[C@H](NC(=O)c4cc(Cl)cc(Cl)c4O)C3)nn12.Fc1ccccc1. The Kier molecular flexibility index (Phi) is 8.07. The van der Waals surface area contributed by atoms with Crippen LogP contribution >= 0.6 is 23.2 Å². The molecule has 0 aliphatic carbocycles. The molecule has 0 bridgehead atoms. The van der Waals surface area contributed by atoms with Gasteiger partial charge in [-0.15, -0.1) is 5.10 Å². The number of phenolic OH excluding ortho intramolecular Hbond substituents is 1. The van der Waals surface area contributed by atoms with Crippen molar-refractivity contribution in [3.05, 3.63) is 94.0 Å². The number of hydrogen-bond acceptors (Lipinski definition) is 5. The van der Waals surface area contributed by atoms with E-state index in [1.807, 2.05) is 31.2 Å². The van der Waals surface area contributed by atoms with E-state index in [9.17, 15) is 14.3 Å². The fraction of sp³-hybridized carbons (Fsp3) is 0.192. The van der Waals surface area contributed by atoms with Gasteiger partial charge in [0.2, 0.25) is 0 Å². The maximum atomic E-state index is 12.6. The number of amides is 1. The average molecular weight is 528 g/mol. The van der Waals surface area contributed by atoms with Crippen LogP contribution in [0.1, 0.15) is 29.4 Å². The van der Waals surface area contributed by atoms with Crippen molar-refractivity contribution >= 4 is 46.7 Å². The normalized spacial score (nSPS) is 15.2. The number of anilines is 1. The van der Waals surface area contributed by atoms with Gasteiger partial charge in [-0.3, -0.25) is 4.79 Å². The van der Waals surface area contributed by atoms with Crippen molar-refractivity contribution in [1.82, 2.24) is 19.9 Å². The molecule has 0 spiro atoms. The Morgan fingerprint density at radius 3 is 2.67 bits per heavy atom. The molecule has 186 valence electrons. The largest absolute Gasteiger partial charge is 0.506 e. The van der Waals surface area contributed by atoms with E-state index in [-0.39, 0.29) is 28.2 Å². The van der Waals surface area contributed by atoms with Crippen molar-refractivity contribution in [3.63, 3.8) is 0 Å². The Labute approximate surface area is 217 Å². The molecule has 0 radical (unpaired) electrons. The number of nitrogens with zero attached hydrogens (tertiary/aromatic N) is 4. The van der Waals surface area contributed by atoms with E-state index in [1.165, 1.54) is 24.3 Å². The van der Waals surface area contributed by atoms with Crippen LogP contribution < -0.4 is 10.2 Å². The van der Waals surface area contributed by atoms with Gasteiger partial charge in [0.15, 0.2) is 5.65 Å². The van der Waals surface area contributed by atoms with Crippen molar-refractivity contribution in [1.29, 1.82) is 0 Å². The van der Waals surface area contributed by atoms with E-state index in [2.05, 4.69) is 20.3 Å². The van der Waals surface area contributed by atoms with E-state index in [0.29, 0.717) is 11.6 Å². The molecule has 1 atom stereocenters. The van der Waals surface area contributed by atoms with Crippen molar-refractivity contribution in [2.75, 3.05) is 18.0 Å². The molecule has 1 amide bonds. The Morgan fingerprint density at radius 2 is 1.97 bits per heavy atom. The molecular formula is C26H24Cl2FN5O2. The number of carbonyl (C=O) groups excluding carboxylic acids is 1. The highest BCUT2D eigenvalue weighted by molar-refractivity contribution is 6.36. The number of allylic oxidation sites excluding steroid dienone is 1. The van der Waals surface area contributed by atoms with Crippen LogP contribution in [0, 0.1) is 5.82 Å². The van der Waals surface area contributed by atoms with Gasteiger partial charge in [0.1, 0.15) is 17.4 Å². The predicted molar refractivity (Wildman–Crippen MR) is 140 cm³/mol. The fourth-order valence-corrected chi connectivity index (χ4v) is 4.33. The number of carbonyl (C=O) groups is 1. The highest BCUT2D eigenvalue weighted by Gasteiger charge is 2.27. The Morgan fingerprint density at radius 1 is 1.19 bits per heavy atom. The lowest BCUT2D eigenvalue weighted by atomic mass is 10.1. The third kappa shape index (κ3) is 5.95.